The number of nitrogens with zero attached hydrogens (tertiary/aromatic N) is 2. The number of imidazole rings is 1. The number of hydrogen-bond donors (Lipinski definition) is 0. The summed E-state index contributed by atoms with van der Waals surface area (Å²) < 4.78 is 11.8. The number of methoxy groups -OCH3 is 1. The van der Waals surface area contributed by atoms with Gasteiger partial charge in [-0.2, -0.15) is 0 Å². The lowest BCUT2D eigenvalue weighted by molar-refractivity contribution is -0.152. The average Bonchev–Trinajstić information content (AvgIpc) is 3.03. The molecule has 1 aliphatic heterocycles. The van der Waals surface area contributed by atoms with Gasteiger partial charge in [-0.3, -0.25) is 0 Å². The number of esters is 2. The van der Waals surface area contributed by atoms with Crippen molar-refractivity contribution < 1.29 is 19.1 Å². The van der Waals surface area contributed by atoms with Crippen LogP contribution in [0.15, 0.2) is 36.7 Å². The third-order valence-corrected chi connectivity index (χ3v) is 4.27. The second-order valence-electron chi connectivity index (χ2n) is 5.61. The van der Waals surface area contributed by atoms with E-state index in [1.165, 1.54) is 7.11 Å². The monoisotopic (exact) mass is 314 g/mol. The van der Waals surface area contributed by atoms with Gasteiger partial charge in [0.2, 0.25) is 6.10 Å². The first-order valence-electron chi connectivity index (χ1n) is 7.45. The number of benzene rings is 1. The van der Waals surface area contributed by atoms with E-state index in [0.29, 0.717) is 11.4 Å². The van der Waals surface area contributed by atoms with Gasteiger partial charge in [0, 0.05) is 5.92 Å². The van der Waals surface area contributed by atoms with Crippen molar-refractivity contribution in [1.82, 2.24) is 9.55 Å². The summed E-state index contributed by atoms with van der Waals surface area (Å²) in [5.74, 6) is -1.46. The average molecular weight is 314 g/mol. The minimum atomic E-state index is -0.949. The van der Waals surface area contributed by atoms with Gasteiger partial charge in [-0.15, -0.1) is 0 Å². The van der Waals surface area contributed by atoms with E-state index in [0.717, 1.165) is 5.56 Å². The van der Waals surface area contributed by atoms with Crippen molar-refractivity contribution >= 4 is 11.9 Å². The number of cyclic esters (lactones) is 1. The summed E-state index contributed by atoms with van der Waals surface area (Å²) in [6.45, 7) is 3.79. The van der Waals surface area contributed by atoms with Gasteiger partial charge < -0.3 is 14.0 Å². The van der Waals surface area contributed by atoms with Crippen molar-refractivity contribution in [3.05, 3.63) is 53.6 Å². The summed E-state index contributed by atoms with van der Waals surface area (Å²) in [5.41, 5.74) is 2.02. The van der Waals surface area contributed by atoms with Crippen LogP contribution in [0.1, 0.15) is 47.6 Å². The molecular weight excluding hydrogens is 296 g/mol. The lowest BCUT2D eigenvalue weighted by Crippen LogP contribution is -2.38. The predicted octanol–water partition coefficient (Wildman–Crippen LogP) is 2.31. The number of rotatable bonds is 3. The molecule has 3 rings (SSSR count). The largest absolute Gasteiger partial charge is 0.466 e. The number of ether oxygens (including phenoxy) is 2. The molecule has 2 heterocycles. The molecule has 1 aliphatic rings. The van der Waals surface area contributed by atoms with E-state index >= 15 is 0 Å². The quantitative estimate of drug-likeness (QED) is 0.813. The summed E-state index contributed by atoms with van der Waals surface area (Å²) in [7, 11) is 1.27. The van der Waals surface area contributed by atoms with Gasteiger partial charge in [0.25, 0.3) is 0 Å². The Morgan fingerprint density at radius 3 is 2.70 bits per heavy atom. The summed E-state index contributed by atoms with van der Waals surface area (Å²) >= 11 is 0. The highest BCUT2D eigenvalue weighted by molar-refractivity contribution is 5.93. The molecule has 120 valence electrons. The van der Waals surface area contributed by atoms with Gasteiger partial charge in [-0.25, -0.2) is 14.6 Å². The second kappa shape index (κ2) is 5.87. The Hall–Kier alpha value is -2.63. The van der Waals surface area contributed by atoms with Gasteiger partial charge in [0.05, 0.1) is 25.2 Å². The number of carbonyl (C=O) groups is 2. The van der Waals surface area contributed by atoms with Crippen LogP contribution in [0.3, 0.4) is 0 Å². The van der Waals surface area contributed by atoms with E-state index in [4.69, 9.17) is 9.47 Å². The van der Waals surface area contributed by atoms with Crippen LogP contribution in [0.2, 0.25) is 0 Å². The molecule has 0 N–H and O–H groups in total. The lowest BCUT2D eigenvalue weighted by Gasteiger charge is -2.27. The topological polar surface area (TPSA) is 70.4 Å². The van der Waals surface area contributed by atoms with Crippen molar-refractivity contribution in [2.45, 2.75) is 31.9 Å². The van der Waals surface area contributed by atoms with E-state index in [9.17, 15) is 9.59 Å². The molecule has 0 amide bonds. The van der Waals surface area contributed by atoms with Gasteiger partial charge in [0.1, 0.15) is 0 Å². The van der Waals surface area contributed by atoms with Gasteiger partial charge in [0.15, 0.2) is 5.69 Å². The number of fused-ring (bicyclic) bond motifs is 1. The van der Waals surface area contributed by atoms with Crippen molar-refractivity contribution in [3.63, 3.8) is 0 Å². The molecule has 1 aromatic carbocycles. The summed E-state index contributed by atoms with van der Waals surface area (Å²) in [4.78, 5) is 28.5. The molecule has 6 heteroatoms. The molecular formula is C17H18N2O4. The smallest absolute Gasteiger partial charge is 0.357 e. The number of carbonyl (C=O) groups excluding carboxylic acids is 2. The maximum atomic E-state index is 12.4. The van der Waals surface area contributed by atoms with Crippen LogP contribution in [0.4, 0.5) is 0 Å². The number of hydrogen-bond acceptors (Lipinski definition) is 5. The maximum Gasteiger partial charge on any atom is 0.357 e. The molecule has 0 bridgehead atoms. The van der Waals surface area contributed by atoms with Crippen LogP contribution in [0.5, 0.6) is 0 Å². The SMILES string of the molecule is COC(=O)C1OC(=O)c2c(ncn2[C@H](C)c2ccccc2)C1C. The van der Waals surface area contributed by atoms with Crippen LogP contribution < -0.4 is 0 Å². The molecule has 3 atom stereocenters. The zero-order chi connectivity index (χ0) is 16.6. The normalized spacial score (nSPS) is 21.3. The number of aromatic nitrogens is 2. The molecule has 0 saturated carbocycles. The Morgan fingerprint density at radius 2 is 2.04 bits per heavy atom. The molecule has 0 spiro atoms. The van der Waals surface area contributed by atoms with Crippen molar-refractivity contribution in [3.8, 4) is 0 Å². The Bertz CT molecular complexity index is 738. The molecule has 0 fully saturated rings. The van der Waals surface area contributed by atoms with Gasteiger partial charge in [-0.05, 0) is 12.5 Å². The highest BCUT2D eigenvalue weighted by Crippen LogP contribution is 2.33. The van der Waals surface area contributed by atoms with Gasteiger partial charge in [-0.1, -0.05) is 37.3 Å². The van der Waals surface area contributed by atoms with Gasteiger partial charge >= 0.3 is 11.9 Å². The van der Waals surface area contributed by atoms with Crippen LogP contribution in [0.25, 0.3) is 0 Å². The Morgan fingerprint density at radius 1 is 1.35 bits per heavy atom. The Balaban J connectivity index is 2.00. The molecule has 6 nitrogen and oxygen atoms in total. The van der Waals surface area contributed by atoms with E-state index < -0.39 is 18.0 Å². The van der Waals surface area contributed by atoms with Crippen molar-refractivity contribution in [1.29, 1.82) is 0 Å². The van der Waals surface area contributed by atoms with E-state index in [-0.39, 0.29) is 12.0 Å². The van der Waals surface area contributed by atoms with Crippen LogP contribution in [-0.2, 0) is 14.3 Å². The molecule has 23 heavy (non-hydrogen) atoms. The molecule has 0 aliphatic carbocycles. The summed E-state index contributed by atoms with van der Waals surface area (Å²) in [5, 5.41) is 0. The fourth-order valence-corrected chi connectivity index (χ4v) is 2.89. The molecule has 2 unspecified atom stereocenters. The highest BCUT2D eigenvalue weighted by atomic mass is 16.6. The predicted molar refractivity (Wildman–Crippen MR) is 82.1 cm³/mol. The lowest BCUT2D eigenvalue weighted by atomic mass is 9.96. The molecule has 1 aromatic heterocycles. The Labute approximate surface area is 134 Å². The first-order chi connectivity index (χ1) is 11.0. The fourth-order valence-electron chi connectivity index (χ4n) is 2.89. The summed E-state index contributed by atoms with van der Waals surface area (Å²) in [6, 6.07) is 9.75. The van der Waals surface area contributed by atoms with E-state index in [1.807, 2.05) is 37.3 Å². The second-order valence-corrected chi connectivity index (χ2v) is 5.61. The first-order valence-corrected chi connectivity index (χ1v) is 7.45. The maximum absolute atomic E-state index is 12.4. The molecule has 2 aromatic rings. The van der Waals surface area contributed by atoms with Crippen molar-refractivity contribution in [2.24, 2.45) is 0 Å². The highest BCUT2D eigenvalue weighted by Gasteiger charge is 2.41. The molecule has 0 saturated heterocycles. The zero-order valence-electron chi connectivity index (χ0n) is 13.2. The fraction of sp³-hybridized carbons (Fsp3) is 0.353. The third-order valence-electron chi connectivity index (χ3n) is 4.27. The standard InChI is InChI=1S/C17H18N2O4/c1-10-13-14(16(20)23-15(10)17(21)22-3)19(9-18-13)11(2)12-7-5-4-6-8-12/h4-11,15H,1-3H3/t10?,11-,15?/m1/s1. The summed E-state index contributed by atoms with van der Waals surface area (Å²) in [6.07, 6.45) is 0.676. The first kappa shape index (κ1) is 15.3. The zero-order valence-corrected chi connectivity index (χ0v) is 13.2. The van der Waals surface area contributed by atoms with Crippen molar-refractivity contribution in [2.75, 3.05) is 7.11 Å². The van der Waals surface area contributed by atoms with Crippen LogP contribution in [0, 0.1) is 0 Å². The van der Waals surface area contributed by atoms with Crippen LogP contribution in [-0.4, -0.2) is 34.7 Å². The van der Waals surface area contributed by atoms with E-state index in [1.54, 1.807) is 17.8 Å². The van der Waals surface area contributed by atoms with Crippen LogP contribution >= 0.6 is 0 Å². The Kier molecular flexibility index (Phi) is 3.90. The van der Waals surface area contributed by atoms with E-state index in [2.05, 4.69) is 4.98 Å². The minimum absolute atomic E-state index is 0.0677. The molecule has 0 radical (unpaired) electrons. The third kappa shape index (κ3) is 2.50. The minimum Gasteiger partial charge on any atom is -0.466 e.